The molecule has 6 nitrogen and oxygen atoms in total. The van der Waals surface area contributed by atoms with Crippen molar-refractivity contribution in [1.29, 1.82) is 0 Å². The number of carbonyl (C=O) groups is 1. The number of ether oxygens (including phenoxy) is 2. The molecule has 142 valence electrons. The van der Waals surface area contributed by atoms with Gasteiger partial charge in [-0.2, -0.15) is 0 Å². The molecular weight excluding hydrogens is 356 g/mol. The third kappa shape index (κ3) is 3.57. The summed E-state index contributed by atoms with van der Waals surface area (Å²) in [6, 6.07) is 16.7. The number of nitrogens with one attached hydrogen (secondary N) is 2. The molecule has 4 aromatic rings. The number of aromatic amines is 1. The fourth-order valence-corrected chi connectivity index (χ4v) is 3.13. The van der Waals surface area contributed by atoms with Crippen molar-refractivity contribution in [2.24, 2.45) is 0 Å². The quantitative estimate of drug-likeness (QED) is 0.515. The van der Waals surface area contributed by atoms with Gasteiger partial charge in [0.05, 0.1) is 14.2 Å². The Kier molecular flexibility index (Phi) is 4.76. The molecule has 0 saturated heterocycles. The number of H-pyrrole nitrogens is 1. The molecule has 4 rings (SSSR count). The lowest BCUT2D eigenvalue weighted by Crippen LogP contribution is -2.10. The normalized spacial score (nSPS) is 10.8. The smallest absolute Gasteiger partial charge is 0.291 e. The highest BCUT2D eigenvalue weighted by molar-refractivity contribution is 6.03. The van der Waals surface area contributed by atoms with Gasteiger partial charge >= 0.3 is 0 Å². The number of anilines is 1. The Balaban J connectivity index is 1.50. The molecule has 2 aromatic heterocycles. The van der Waals surface area contributed by atoms with Gasteiger partial charge in [-0.1, -0.05) is 0 Å². The largest absolute Gasteiger partial charge is 0.497 e. The summed E-state index contributed by atoms with van der Waals surface area (Å²) < 4.78 is 16.4. The van der Waals surface area contributed by atoms with Crippen LogP contribution in [-0.2, 0) is 6.42 Å². The van der Waals surface area contributed by atoms with Crippen LogP contribution < -0.4 is 14.8 Å². The number of methoxy groups -OCH3 is 2. The number of aromatic nitrogens is 1. The number of rotatable bonds is 6. The first kappa shape index (κ1) is 17.7. The van der Waals surface area contributed by atoms with E-state index in [1.807, 2.05) is 48.7 Å². The highest BCUT2D eigenvalue weighted by Gasteiger charge is 2.14. The Morgan fingerprint density at radius 2 is 1.93 bits per heavy atom. The third-order valence-electron chi connectivity index (χ3n) is 4.55. The van der Waals surface area contributed by atoms with Crippen LogP contribution in [0.5, 0.6) is 11.5 Å². The van der Waals surface area contributed by atoms with Gasteiger partial charge in [0, 0.05) is 34.8 Å². The summed E-state index contributed by atoms with van der Waals surface area (Å²) in [7, 11) is 3.24. The maximum absolute atomic E-state index is 12.5. The van der Waals surface area contributed by atoms with Gasteiger partial charge in [-0.3, -0.25) is 4.79 Å². The van der Waals surface area contributed by atoms with Crippen molar-refractivity contribution in [3.8, 4) is 11.5 Å². The summed E-state index contributed by atoms with van der Waals surface area (Å²) in [5.41, 5.74) is 2.65. The molecular formula is C22H20N2O4. The first-order chi connectivity index (χ1) is 13.7. The van der Waals surface area contributed by atoms with Crippen LogP contribution >= 0.6 is 0 Å². The van der Waals surface area contributed by atoms with E-state index in [2.05, 4.69) is 10.3 Å². The number of amides is 1. The molecule has 0 aliphatic rings. The Bertz CT molecular complexity index is 1130. The third-order valence-corrected chi connectivity index (χ3v) is 4.55. The lowest BCUT2D eigenvalue weighted by atomic mass is 10.1. The Morgan fingerprint density at radius 1 is 1.04 bits per heavy atom. The van der Waals surface area contributed by atoms with Crippen LogP contribution in [0.15, 0.2) is 65.2 Å². The molecule has 2 N–H and O–H groups in total. The van der Waals surface area contributed by atoms with E-state index in [0.29, 0.717) is 17.9 Å². The molecule has 6 heteroatoms. The average Bonchev–Trinajstić information content (AvgIpc) is 3.37. The SMILES string of the molecule is COc1ccc(OC)c(Cc2ccc(C(=O)Nc3ccc4[nH]ccc4c3)o2)c1. The van der Waals surface area contributed by atoms with Crippen molar-refractivity contribution in [2.45, 2.75) is 6.42 Å². The van der Waals surface area contributed by atoms with Crippen molar-refractivity contribution in [2.75, 3.05) is 19.5 Å². The first-order valence-electron chi connectivity index (χ1n) is 8.84. The van der Waals surface area contributed by atoms with E-state index in [1.54, 1.807) is 26.4 Å². The predicted molar refractivity (Wildman–Crippen MR) is 107 cm³/mol. The molecule has 1 amide bonds. The molecule has 0 spiro atoms. The Morgan fingerprint density at radius 3 is 2.75 bits per heavy atom. The molecule has 28 heavy (non-hydrogen) atoms. The monoisotopic (exact) mass is 376 g/mol. The zero-order valence-corrected chi connectivity index (χ0v) is 15.6. The van der Waals surface area contributed by atoms with Gasteiger partial charge in [-0.25, -0.2) is 0 Å². The number of hydrogen-bond donors (Lipinski definition) is 2. The van der Waals surface area contributed by atoms with Crippen molar-refractivity contribution in [3.05, 3.63) is 77.9 Å². The summed E-state index contributed by atoms with van der Waals surface area (Å²) >= 11 is 0. The van der Waals surface area contributed by atoms with E-state index in [0.717, 1.165) is 28.0 Å². The van der Waals surface area contributed by atoms with Gasteiger partial charge in [-0.15, -0.1) is 0 Å². The minimum Gasteiger partial charge on any atom is -0.497 e. The zero-order valence-electron chi connectivity index (χ0n) is 15.6. The zero-order chi connectivity index (χ0) is 19.5. The van der Waals surface area contributed by atoms with Crippen molar-refractivity contribution in [3.63, 3.8) is 0 Å². The fourth-order valence-electron chi connectivity index (χ4n) is 3.13. The van der Waals surface area contributed by atoms with E-state index in [1.165, 1.54) is 0 Å². The number of furan rings is 1. The molecule has 2 aromatic carbocycles. The second-order valence-corrected chi connectivity index (χ2v) is 6.35. The van der Waals surface area contributed by atoms with E-state index < -0.39 is 0 Å². The van der Waals surface area contributed by atoms with Crippen molar-refractivity contribution in [1.82, 2.24) is 4.98 Å². The number of hydrogen-bond acceptors (Lipinski definition) is 4. The highest BCUT2D eigenvalue weighted by Crippen LogP contribution is 2.27. The second kappa shape index (κ2) is 7.52. The summed E-state index contributed by atoms with van der Waals surface area (Å²) in [4.78, 5) is 15.6. The highest BCUT2D eigenvalue weighted by atomic mass is 16.5. The average molecular weight is 376 g/mol. The molecule has 0 bridgehead atoms. The predicted octanol–water partition coefficient (Wildman–Crippen LogP) is 4.62. The number of benzene rings is 2. The Labute approximate surface area is 162 Å². The summed E-state index contributed by atoms with van der Waals surface area (Å²) in [6.45, 7) is 0. The second-order valence-electron chi connectivity index (χ2n) is 6.35. The van der Waals surface area contributed by atoms with Crippen LogP contribution in [0.25, 0.3) is 10.9 Å². The van der Waals surface area contributed by atoms with Crippen LogP contribution in [-0.4, -0.2) is 25.1 Å². The molecule has 0 radical (unpaired) electrons. The maximum Gasteiger partial charge on any atom is 0.291 e. The lowest BCUT2D eigenvalue weighted by molar-refractivity contribution is 0.0995. The molecule has 0 saturated carbocycles. The van der Waals surface area contributed by atoms with Gasteiger partial charge < -0.3 is 24.2 Å². The minimum absolute atomic E-state index is 0.256. The molecule has 0 unspecified atom stereocenters. The Hall–Kier alpha value is -3.67. The number of fused-ring (bicyclic) bond motifs is 1. The van der Waals surface area contributed by atoms with Crippen LogP contribution in [0.3, 0.4) is 0 Å². The van der Waals surface area contributed by atoms with E-state index in [9.17, 15) is 4.79 Å². The summed E-state index contributed by atoms with van der Waals surface area (Å²) in [6.07, 6.45) is 2.35. The molecule has 0 aliphatic heterocycles. The minimum atomic E-state index is -0.293. The van der Waals surface area contributed by atoms with Gasteiger partial charge in [0.25, 0.3) is 5.91 Å². The number of carbonyl (C=O) groups excluding carboxylic acids is 1. The van der Waals surface area contributed by atoms with Gasteiger partial charge in [0.2, 0.25) is 0 Å². The van der Waals surface area contributed by atoms with Crippen molar-refractivity contribution >= 4 is 22.5 Å². The first-order valence-corrected chi connectivity index (χ1v) is 8.84. The van der Waals surface area contributed by atoms with Gasteiger partial charge in [0.15, 0.2) is 5.76 Å². The van der Waals surface area contributed by atoms with Crippen LogP contribution in [0.4, 0.5) is 5.69 Å². The maximum atomic E-state index is 12.5. The standard InChI is InChI=1S/C22H20N2O4/c1-26-17-4-7-20(27-2)15(12-17)13-18-5-8-21(28-18)22(25)24-16-3-6-19-14(11-16)9-10-23-19/h3-12,23H,13H2,1-2H3,(H,24,25). The molecule has 0 fully saturated rings. The van der Waals surface area contributed by atoms with Gasteiger partial charge in [0.1, 0.15) is 17.3 Å². The lowest BCUT2D eigenvalue weighted by Gasteiger charge is -2.09. The van der Waals surface area contributed by atoms with Crippen LogP contribution in [0, 0.1) is 0 Å². The molecule has 2 heterocycles. The van der Waals surface area contributed by atoms with Crippen molar-refractivity contribution < 1.29 is 18.7 Å². The molecule has 0 atom stereocenters. The van der Waals surface area contributed by atoms with E-state index >= 15 is 0 Å². The van der Waals surface area contributed by atoms with Gasteiger partial charge in [-0.05, 0) is 54.6 Å². The van der Waals surface area contributed by atoms with Crippen LogP contribution in [0.2, 0.25) is 0 Å². The van der Waals surface area contributed by atoms with E-state index in [-0.39, 0.29) is 11.7 Å². The summed E-state index contributed by atoms with van der Waals surface area (Å²) in [5, 5.41) is 3.90. The molecule has 0 aliphatic carbocycles. The summed E-state index contributed by atoms with van der Waals surface area (Å²) in [5.74, 6) is 2.10. The fraction of sp³-hybridized carbons (Fsp3) is 0.136. The van der Waals surface area contributed by atoms with Crippen LogP contribution in [0.1, 0.15) is 21.9 Å². The van der Waals surface area contributed by atoms with E-state index in [4.69, 9.17) is 13.9 Å². The topological polar surface area (TPSA) is 76.5 Å².